The summed E-state index contributed by atoms with van der Waals surface area (Å²) < 4.78 is 57.0. The van der Waals surface area contributed by atoms with Crippen molar-refractivity contribution in [1.29, 1.82) is 0 Å². The van der Waals surface area contributed by atoms with Gasteiger partial charge in [0.15, 0.2) is 0 Å². The number of nitrogens with two attached hydrogens (primary N) is 1. The minimum absolute atomic E-state index is 0.0211. The summed E-state index contributed by atoms with van der Waals surface area (Å²) in [5.41, 5.74) is 6.24. The number of nitrogens with zero attached hydrogens (tertiary/aromatic N) is 7. The second-order valence-electron chi connectivity index (χ2n) is 12.0. The number of piperazine rings is 1. The van der Waals surface area contributed by atoms with Gasteiger partial charge in [-0.05, 0) is 54.1 Å². The van der Waals surface area contributed by atoms with Crippen LogP contribution in [0.4, 0.5) is 31.2 Å². The van der Waals surface area contributed by atoms with Gasteiger partial charge in [0.25, 0.3) is 17.7 Å². The number of sulfonamides is 1. The molecule has 4 aromatic rings. The molecular weight excluding hydrogens is 706 g/mol. The van der Waals surface area contributed by atoms with E-state index in [0.29, 0.717) is 35.6 Å². The number of nitrogen functional groups attached to an aromatic ring is 1. The van der Waals surface area contributed by atoms with Gasteiger partial charge in [0.05, 0.1) is 22.6 Å². The van der Waals surface area contributed by atoms with Crippen LogP contribution < -0.4 is 16.4 Å². The summed E-state index contributed by atoms with van der Waals surface area (Å²) in [6, 6.07) is 12.5. The van der Waals surface area contributed by atoms with E-state index in [2.05, 4.69) is 20.7 Å². The summed E-state index contributed by atoms with van der Waals surface area (Å²) in [6.45, 7) is 1.38. The molecule has 20 heteroatoms. The molecule has 2 saturated heterocycles. The van der Waals surface area contributed by atoms with Crippen molar-refractivity contribution in [3.05, 3.63) is 94.6 Å². The molecule has 4 N–H and O–H groups in total. The minimum atomic E-state index is -3.89. The Labute approximate surface area is 293 Å². The number of rotatable bonds is 8. The molecule has 2 fully saturated rings. The quantitative estimate of drug-likeness (QED) is 0.220. The predicted molar refractivity (Wildman–Crippen MR) is 176 cm³/mol. The maximum Gasteiger partial charge on any atom is 0.343 e. The number of aromatic nitrogens is 3. The van der Waals surface area contributed by atoms with Crippen molar-refractivity contribution in [1.82, 2.24) is 39.3 Å². The number of fused-ring (bicyclic) bond motifs is 1. The molecule has 0 bridgehead atoms. The van der Waals surface area contributed by atoms with Gasteiger partial charge >= 0.3 is 6.03 Å². The van der Waals surface area contributed by atoms with Gasteiger partial charge in [0.1, 0.15) is 17.2 Å². The first-order valence-corrected chi connectivity index (χ1v) is 17.2. The lowest BCUT2D eigenvalue weighted by Gasteiger charge is -2.34. The topological polar surface area (TPSA) is 213 Å². The Hall–Kier alpha value is -6.12. The first-order chi connectivity index (χ1) is 24.8. The van der Waals surface area contributed by atoms with E-state index in [9.17, 15) is 41.2 Å². The highest BCUT2D eigenvalue weighted by molar-refractivity contribution is 7.89. The van der Waals surface area contributed by atoms with Gasteiger partial charge in [0, 0.05) is 44.8 Å². The molecule has 3 aliphatic heterocycles. The molecule has 0 unspecified atom stereocenters. The van der Waals surface area contributed by atoms with Crippen molar-refractivity contribution >= 4 is 57.3 Å². The van der Waals surface area contributed by atoms with E-state index in [-0.39, 0.29) is 48.0 Å². The van der Waals surface area contributed by atoms with Crippen molar-refractivity contribution in [2.75, 3.05) is 43.8 Å². The molecule has 4 heterocycles. The van der Waals surface area contributed by atoms with E-state index in [1.807, 2.05) is 4.90 Å². The largest absolute Gasteiger partial charge is 0.368 e. The summed E-state index contributed by atoms with van der Waals surface area (Å²) in [6.07, 6.45) is -0.0508. The van der Waals surface area contributed by atoms with Crippen LogP contribution in [0.25, 0.3) is 0 Å². The number of hydrogen-bond donors (Lipinski definition) is 3. The Morgan fingerprint density at radius 2 is 1.56 bits per heavy atom. The fourth-order valence-electron chi connectivity index (χ4n) is 6.05. The summed E-state index contributed by atoms with van der Waals surface area (Å²) in [7, 11) is -3.89. The van der Waals surface area contributed by atoms with Gasteiger partial charge in [-0.25, -0.2) is 27.0 Å². The predicted octanol–water partition coefficient (Wildman–Crippen LogP) is 1.53. The number of hydrazine groups is 1. The number of imide groups is 2. The fraction of sp³-hybridized carbons (Fsp3) is 0.219. The first kappa shape index (κ1) is 34.3. The molecule has 17 nitrogen and oxygen atoms in total. The number of amides is 5. The van der Waals surface area contributed by atoms with Gasteiger partial charge in [-0.2, -0.15) is 19.0 Å². The van der Waals surface area contributed by atoms with Crippen molar-refractivity contribution < 1.29 is 41.2 Å². The Bertz CT molecular complexity index is 2250. The molecule has 52 heavy (non-hydrogen) atoms. The zero-order chi connectivity index (χ0) is 36.9. The summed E-state index contributed by atoms with van der Waals surface area (Å²) in [5, 5.41) is 10.4. The number of benzene rings is 3. The molecule has 268 valence electrons. The normalized spacial score (nSPS) is 17.0. The van der Waals surface area contributed by atoms with Gasteiger partial charge in [-0.1, -0.05) is 12.1 Å². The number of anilines is 3. The van der Waals surface area contributed by atoms with E-state index in [0.717, 1.165) is 28.2 Å². The smallest absolute Gasteiger partial charge is 0.343 e. The fourth-order valence-corrected chi connectivity index (χ4v) is 7.47. The van der Waals surface area contributed by atoms with Crippen LogP contribution in [-0.4, -0.2) is 105 Å². The van der Waals surface area contributed by atoms with Gasteiger partial charge in [0.2, 0.25) is 27.8 Å². The second kappa shape index (κ2) is 13.2. The Balaban J connectivity index is 0.956. The van der Waals surface area contributed by atoms with Crippen LogP contribution in [0.3, 0.4) is 0 Å². The average Bonchev–Trinajstić information content (AvgIpc) is 3.59. The lowest BCUT2D eigenvalue weighted by atomic mass is 10.1. The number of hydrogen-bond acceptors (Lipinski definition) is 12. The molecule has 0 spiro atoms. The van der Waals surface area contributed by atoms with E-state index in [1.54, 1.807) is 12.1 Å². The lowest BCUT2D eigenvalue weighted by Crippen LogP contribution is -2.58. The van der Waals surface area contributed by atoms with E-state index in [4.69, 9.17) is 5.73 Å². The monoisotopic (exact) mass is 734 g/mol. The van der Waals surface area contributed by atoms with Crippen LogP contribution in [0.5, 0.6) is 0 Å². The molecule has 3 aliphatic rings. The molecule has 7 rings (SSSR count). The Morgan fingerprint density at radius 3 is 2.23 bits per heavy atom. The minimum Gasteiger partial charge on any atom is -0.368 e. The third-order valence-corrected chi connectivity index (χ3v) is 10.6. The summed E-state index contributed by atoms with van der Waals surface area (Å²) in [4.78, 5) is 68.5. The van der Waals surface area contributed by atoms with Crippen molar-refractivity contribution in [2.45, 2.75) is 17.9 Å². The van der Waals surface area contributed by atoms with E-state index >= 15 is 0 Å². The molecular formula is C32H28F2N10O7S. The maximum absolute atomic E-state index is 14.1. The second-order valence-corrected chi connectivity index (χ2v) is 13.9. The van der Waals surface area contributed by atoms with Crippen LogP contribution in [0.1, 0.15) is 43.1 Å². The van der Waals surface area contributed by atoms with Gasteiger partial charge in [-0.3, -0.25) is 29.4 Å². The highest BCUT2D eigenvalue weighted by Gasteiger charge is 2.43. The van der Waals surface area contributed by atoms with Crippen LogP contribution in [0.15, 0.2) is 65.6 Å². The van der Waals surface area contributed by atoms with E-state index < -0.39 is 62.8 Å². The SMILES string of the molecule is Nc1nc(Nc2ccc(S(=O)(=O)N3CCN(Cc4ccc5c(c4)C(=O)N(N4CCC(=O)NC4=O)C5=O)CC3)cc2)nn1C(=O)c1c(F)cccc1F. The Morgan fingerprint density at radius 1 is 0.885 bits per heavy atom. The number of carbonyl (C=O) groups excluding carboxylic acids is 5. The average molecular weight is 735 g/mol. The molecule has 0 saturated carbocycles. The standard InChI is InChI=1S/C32H28F2N10O7S/c33-23-2-1-3-24(34)26(23)29(48)43-30(35)38-31(39-43)36-19-5-7-20(8-6-19)52(50,51)41-14-12-40(13-15-41)17-18-4-9-21-22(16-18)28(47)44(27(21)46)42-11-10-25(45)37-32(42)49/h1-9,16H,10-15,17H2,(H,37,45,49)(H3,35,36,38,39). The van der Waals surface area contributed by atoms with Gasteiger partial charge in [-0.15, -0.1) is 5.10 Å². The lowest BCUT2D eigenvalue weighted by molar-refractivity contribution is -0.122. The van der Waals surface area contributed by atoms with Crippen LogP contribution >= 0.6 is 0 Å². The Kier molecular flexibility index (Phi) is 8.72. The third kappa shape index (κ3) is 6.22. The van der Waals surface area contributed by atoms with Crippen LogP contribution in [0.2, 0.25) is 0 Å². The number of urea groups is 1. The summed E-state index contributed by atoms with van der Waals surface area (Å²) in [5.74, 6) is -5.78. The molecule has 3 aromatic carbocycles. The zero-order valence-corrected chi connectivity index (χ0v) is 27.8. The molecule has 0 atom stereocenters. The third-order valence-electron chi connectivity index (χ3n) is 8.69. The molecule has 0 radical (unpaired) electrons. The van der Waals surface area contributed by atoms with Crippen molar-refractivity contribution in [2.24, 2.45) is 0 Å². The number of halogens is 2. The highest BCUT2D eigenvalue weighted by atomic mass is 32.2. The first-order valence-electron chi connectivity index (χ1n) is 15.8. The van der Waals surface area contributed by atoms with Crippen LogP contribution in [-0.2, 0) is 21.4 Å². The van der Waals surface area contributed by atoms with Crippen LogP contribution in [0, 0.1) is 11.6 Å². The maximum atomic E-state index is 14.1. The van der Waals surface area contributed by atoms with E-state index in [1.165, 1.54) is 34.6 Å². The number of nitrogens with one attached hydrogen (secondary N) is 2. The highest BCUT2D eigenvalue weighted by Crippen LogP contribution is 2.28. The molecule has 5 amide bonds. The molecule has 1 aromatic heterocycles. The summed E-state index contributed by atoms with van der Waals surface area (Å²) >= 11 is 0. The van der Waals surface area contributed by atoms with Crippen molar-refractivity contribution in [3.8, 4) is 0 Å². The van der Waals surface area contributed by atoms with Crippen molar-refractivity contribution in [3.63, 3.8) is 0 Å². The molecule has 0 aliphatic carbocycles. The zero-order valence-electron chi connectivity index (χ0n) is 27.0. The van der Waals surface area contributed by atoms with Gasteiger partial charge < -0.3 is 11.1 Å². The number of carbonyl (C=O) groups is 5.